The summed E-state index contributed by atoms with van der Waals surface area (Å²) in [6.07, 6.45) is -8.83. The number of carbonyl (C=O) groups excluding carboxylic acids is 3. The molecule has 0 spiro atoms. The largest absolute Gasteiger partial charge is 0.461 e. The molecule has 1 aromatic carbocycles. The molecule has 2 heterocycles. The summed E-state index contributed by atoms with van der Waals surface area (Å²) in [5, 5.41) is 2.41. The number of amides is 3. The van der Waals surface area contributed by atoms with Gasteiger partial charge in [0.15, 0.2) is 0 Å². The lowest BCUT2D eigenvalue weighted by molar-refractivity contribution is -0.253. The van der Waals surface area contributed by atoms with Crippen molar-refractivity contribution in [2.45, 2.75) is 18.6 Å². The molecule has 0 saturated carbocycles. The number of hydrogen-bond donors (Lipinski definition) is 1. The third kappa shape index (κ3) is 3.67. The summed E-state index contributed by atoms with van der Waals surface area (Å²) in [4.78, 5) is 39.0. The van der Waals surface area contributed by atoms with Gasteiger partial charge in [-0.25, -0.2) is 0 Å². The summed E-state index contributed by atoms with van der Waals surface area (Å²) < 4.78 is 55.4. The van der Waals surface area contributed by atoms with Gasteiger partial charge < -0.3 is 19.9 Å². The molecule has 0 radical (unpaired) electrons. The minimum Gasteiger partial charge on any atom is -0.427 e. The predicted octanol–water partition coefficient (Wildman–Crippen LogP) is 0.706. The first-order valence-corrected chi connectivity index (χ1v) is 8.01. The normalized spacial score (nSPS) is 20.4. The highest BCUT2D eigenvalue weighted by Gasteiger charge is 2.45. The highest BCUT2D eigenvalue weighted by molar-refractivity contribution is 5.99. The number of hydrogen-bond acceptors (Lipinski definition) is 4. The molecule has 146 valence electrons. The van der Waals surface area contributed by atoms with Gasteiger partial charge in [0.05, 0.1) is 18.7 Å². The summed E-state index contributed by atoms with van der Waals surface area (Å²) in [5.41, 5.74) is -0.339. The SMILES string of the molecule is O=C1NCC(=O)N2CCN(C(=O)c3ccccc3OC(F)(F)C(F)F)C[C@@H]12. The molecular weight excluding hydrogens is 374 g/mol. The molecule has 2 saturated heterocycles. The number of fused-ring (bicyclic) bond motifs is 1. The van der Waals surface area contributed by atoms with Crippen molar-refractivity contribution in [2.75, 3.05) is 26.2 Å². The van der Waals surface area contributed by atoms with Gasteiger partial charge in [-0.1, -0.05) is 12.1 Å². The van der Waals surface area contributed by atoms with Crippen molar-refractivity contribution in [1.29, 1.82) is 0 Å². The fourth-order valence-electron chi connectivity index (χ4n) is 2.97. The van der Waals surface area contributed by atoms with Gasteiger partial charge in [-0.3, -0.25) is 14.4 Å². The van der Waals surface area contributed by atoms with Crippen LogP contribution in [-0.2, 0) is 9.59 Å². The Morgan fingerprint density at radius 2 is 1.93 bits per heavy atom. The van der Waals surface area contributed by atoms with Crippen LogP contribution in [0.25, 0.3) is 0 Å². The number of ether oxygens (including phenoxy) is 1. The van der Waals surface area contributed by atoms with E-state index in [-0.39, 0.29) is 37.6 Å². The standard InChI is InChI=1S/C16H15F4N3O4/c17-15(18)16(19,20)27-11-4-2-1-3-9(11)14(26)22-5-6-23-10(8-22)13(25)21-7-12(23)24/h1-4,10,15H,5-8H2,(H,21,25)/t10-/m0/s1. The summed E-state index contributed by atoms with van der Waals surface area (Å²) in [7, 11) is 0. The number of nitrogens with zero attached hydrogens (tertiary/aromatic N) is 2. The number of para-hydroxylation sites is 1. The summed E-state index contributed by atoms with van der Waals surface area (Å²) >= 11 is 0. The Morgan fingerprint density at radius 3 is 2.63 bits per heavy atom. The van der Waals surface area contributed by atoms with Crippen LogP contribution in [0.3, 0.4) is 0 Å². The van der Waals surface area contributed by atoms with Crippen LogP contribution in [0.2, 0.25) is 0 Å². The minimum absolute atomic E-state index is 0.0634. The summed E-state index contributed by atoms with van der Waals surface area (Å²) in [6.45, 7) is -0.106. The maximum atomic E-state index is 13.2. The van der Waals surface area contributed by atoms with Gasteiger partial charge in [0.2, 0.25) is 11.8 Å². The highest BCUT2D eigenvalue weighted by atomic mass is 19.3. The topological polar surface area (TPSA) is 79.0 Å². The Labute approximate surface area is 150 Å². The molecular formula is C16H15F4N3O4. The number of piperazine rings is 2. The maximum absolute atomic E-state index is 13.2. The molecule has 1 atom stereocenters. The van der Waals surface area contributed by atoms with Gasteiger partial charge in [0, 0.05) is 13.1 Å². The van der Waals surface area contributed by atoms with Crippen molar-refractivity contribution in [2.24, 2.45) is 0 Å². The van der Waals surface area contributed by atoms with Crippen LogP contribution >= 0.6 is 0 Å². The lowest BCUT2D eigenvalue weighted by atomic mass is 10.1. The van der Waals surface area contributed by atoms with Gasteiger partial charge in [0.25, 0.3) is 5.91 Å². The quantitative estimate of drug-likeness (QED) is 0.770. The number of nitrogens with one attached hydrogen (secondary N) is 1. The van der Waals surface area contributed by atoms with E-state index in [1.54, 1.807) is 0 Å². The molecule has 3 rings (SSSR count). The average Bonchev–Trinajstić information content (AvgIpc) is 2.64. The van der Waals surface area contributed by atoms with Crippen molar-refractivity contribution in [3.8, 4) is 5.75 Å². The van der Waals surface area contributed by atoms with E-state index < -0.39 is 36.1 Å². The van der Waals surface area contributed by atoms with E-state index >= 15 is 0 Å². The van der Waals surface area contributed by atoms with Crippen molar-refractivity contribution in [3.05, 3.63) is 29.8 Å². The maximum Gasteiger partial charge on any atom is 0.461 e. The van der Waals surface area contributed by atoms with E-state index in [0.29, 0.717) is 0 Å². The first kappa shape index (κ1) is 18.9. The van der Waals surface area contributed by atoms with Crippen molar-refractivity contribution < 1.29 is 36.7 Å². The van der Waals surface area contributed by atoms with E-state index in [1.807, 2.05) is 0 Å². The summed E-state index contributed by atoms with van der Waals surface area (Å²) in [6, 6.07) is 3.89. The van der Waals surface area contributed by atoms with E-state index in [9.17, 15) is 31.9 Å². The number of benzene rings is 1. The van der Waals surface area contributed by atoms with E-state index in [1.165, 1.54) is 21.9 Å². The van der Waals surface area contributed by atoms with Gasteiger partial charge >= 0.3 is 12.5 Å². The zero-order valence-electron chi connectivity index (χ0n) is 13.8. The van der Waals surface area contributed by atoms with Crippen LogP contribution in [-0.4, -0.2) is 72.3 Å². The Balaban J connectivity index is 1.81. The number of alkyl halides is 4. The molecule has 2 aliphatic rings. The van der Waals surface area contributed by atoms with E-state index in [4.69, 9.17) is 0 Å². The number of rotatable bonds is 4. The molecule has 0 aromatic heterocycles. The molecule has 3 amide bonds. The second-order valence-corrected chi connectivity index (χ2v) is 6.03. The Hall–Kier alpha value is -2.85. The van der Waals surface area contributed by atoms with Crippen LogP contribution < -0.4 is 10.1 Å². The minimum atomic E-state index is -4.76. The van der Waals surface area contributed by atoms with E-state index in [2.05, 4.69) is 10.1 Å². The van der Waals surface area contributed by atoms with Crippen LogP contribution in [0.15, 0.2) is 24.3 Å². The van der Waals surface area contributed by atoms with Gasteiger partial charge in [-0.2, -0.15) is 17.6 Å². The second-order valence-electron chi connectivity index (χ2n) is 6.03. The van der Waals surface area contributed by atoms with Crippen molar-refractivity contribution in [1.82, 2.24) is 15.1 Å². The molecule has 2 fully saturated rings. The fraction of sp³-hybridized carbons (Fsp3) is 0.438. The molecule has 1 aromatic rings. The highest BCUT2D eigenvalue weighted by Crippen LogP contribution is 2.30. The van der Waals surface area contributed by atoms with Crippen LogP contribution in [0.4, 0.5) is 17.6 Å². The average molecular weight is 389 g/mol. The first-order valence-electron chi connectivity index (χ1n) is 8.01. The van der Waals surface area contributed by atoms with E-state index in [0.717, 1.165) is 12.1 Å². The zero-order chi connectivity index (χ0) is 19.8. The Bertz CT molecular complexity index is 774. The molecule has 27 heavy (non-hydrogen) atoms. The molecule has 11 heteroatoms. The summed E-state index contributed by atoms with van der Waals surface area (Å²) in [5.74, 6) is -2.17. The smallest absolute Gasteiger partial charge is 0.427 e. The molecule has 0 aliphatic carbocycles. The lowest BCUT2D eigenvalue weighted by Crippen LogP contribution is -2.66. The predicted molar refractivity (Wildman–Crippen MR) is 82.4 cm³/mol. The monoisotopic (exact) mass is 389 g/mol. The molecule has 1 N–H and O–H groups in total. The molecule has 0 unspecified atom stereocenters. The second kappa shape index (κ2) is 7.05. The van der Waals surface area contributed by atoms with Crippen molar-refractivity contribution in [3.63, 3.8) is 0 Å². The van der Waals surface area contributed by atoms with Crippen molar-refractivity contribution >= 4 is 17.7 Å². The number of halogens is 4. The fourth-order valence-corrected chi connectivity index (χ4v) is 2.97. The number of carbonyl (C=O) groups is 3. The lowest BCUT2D eigenvalue weighted by Gasteiger charge is -2.43. The zero-order valence-corrected chi connectivity index (χ0v) is 13.8. The van der Waals surface area contributed by atoms with Crippen LogP contribution in [0, 0.1) is 0 Å². The Morgan fingerprint density at radius 1 is 1.22 bits per heavy atom. The third-order valence-electron chi connectivity index (χ3n) is 4.32. The van der Waals surface area contributed by atoms with Crippen LogP contribution in [0.1, 0.15) is 10.4 Å². The first-order chi connectivity index (χ1) is 12.7. The third-order valence-corrected chi connectivity index (χ3v) is 4.32. The molecule has 7 nitrogen and oxygen atoms in total. The molecule has 2 aliphatic heterocycles. The van der Waals surface area contributed by atoms with Gasteiger partial charge in [-0.15, -0.1) is 0 Å². The van der Waals surface area contributed by atoms with Gasteiger partial charge in [-0.05, 0) is 12.1 Å². The molecule has 0 bridgehead atoms. The van der Waals surface area contributed by atoms with Gasteiger partial charge in [0.1, 0.15) is 11.8 Å². The Kier molecular flexibility index (Phi) is 4.94. The van der Waals surface area contributed by atoms with Crippen LogP contribution in [0.5, 0.6) is 5.75 Å².